The smallest absolute Gasteiger partial charge is 0.295 e. The van der Waals surface area contributed by atoms with Gasteiger partial charge < -0.3 is 0 Å². The van der Waals surface area contributed by atoms with Gasteiger partial charge in [-0.1, -0.05) is 23.2 Å². The van der Waals surface area contributed by atoms with E-state index in [0.29, 0.717) is 16.0 Å². The van der Waals surface area contributed by atoms with Gasteiger partial charge >= 0.3 is 30.0 Å². The number of hydrogen-bond donors (Lipinski definition) is 0. The fraction of sp³-hybridized carbons (Fsp3) is 0.217. The lowest BCUT2D eigenvalue weighted by molar-refractivity contribution is -0.387. The van der Waals surface area contributed by atoms with Crippen LogP contribution in [0.2, 0.25) is 5.02 Å². The van der Waals surface area contributed by atoms with Crippen molar-refractivity contribution in [3.05, 3.63) is 85.2 Å². The average Bonchev–Trinajstić information content (AvgIpc) is 2.94. The van der Waals surface area contributed by atoms with E-state index < -0.39 is 110 Å². The summed E-state index contributed by atoms with van der Waals surface area (Å²) in [6.45, 7) is 2.27. The van der Waals surface area contributed by atoms with Crippen molar-refractivity contribution in [2.45, 2.75) is 32.2 Å². The second-order valence-electron chi connectivity index (χ2n) is 9.05. The molecule has 5 heterocycles. The summed E-state index contributed by atoms with van der Waals surface area (Å²) in [4.78, 5) is 37.3. The van der Waals surface area contributed by atoms with Crippen molar-refractivity contribution in [3.63, 3.8) is 0 Å². The van der Waals surface area contributed by atoms with Crippen molar-refractivity contribution in [2.75, 3.05) is 9.80 Å². The molecule has 0 aromatic carbocycles. The van der Waals surface area contributed by atoms with Crippen LogP contribution in [-0.4, -0.2) is 51.2 Å². The van der Waals surface area contributed by atoms with Crippen molar-refractivity contribution in [1.82, 2.24) is 39.9 Å². The number of nitro groups is 1. The SMILES string of the molecule is Cc1nc(F)nc(C2C(Cl)=CN(c3nc(F)nc(C)c3-c3nc(F)nc(F)c3[N+](=O)[O-])C(F)N2c2nc(F)nc(F)c2CCl)c1Cl. The van der Waals surface area contributed by atoms with E-state index in [4.69, 9.17) is 34.8 Å². The van der Waals surface area contributed by atoms with Gasteiger partial charge in [0, 0.05) is 6.20 Å². The zero-order chi connectivity index (χ0) is 33.8. The molecule has 0 fully saturated rings. The van der Waals surface area contributed by atoms with Gasteiger partial charge in [0.05, 0.1) is 49.1 Å². The van der Waals surface area contributed by atoms with Crippen LogP contribution in [0.25, 0.3) is 11.3 Å². The minimum Gasteiger partial charge on any atom is -0.295 e. The molecule has 1 aliphatic rings. The van der Waals surface area contributed by atoms with Gasteiger partial charge in [0.25, 0.3) is 12.4 Å². The lowest BCUT2D eigenvalue weighted by atomic mass is 10.1. The molecule has 0 spiro atoms. The van der Waals surface area contributed by atoms with E-state index in [2.05, 4.69) is 39.9 Å². The van der Waals surface area contributed by atoms with Crippen molar-refractivity contribution in [2.24, 2.45) is 0 Å². The molecule has 13 nitrogen and oxygen atoms in total. The topological polar surface area (TPSA) is 153 Å². The van der Waals surface area contributed by atoms with E-state index in [1.807, 2.05) is 0 Å². The summed E-state index contributed by atoms with van der Waals surface area (Å²) in [6, 6.07) is -1.87. The molecule has 0 amide bonds. The van der Waals surface area contributed by atoms with Crippen molar-refractivity contribution in [1.29, 1.82) is 0 Å². The van der Waals surface area contributed by atoms with Gasteiger partial charge in [-0.05, 0) is 13.8 Å². The van der Waals surface area contributed by atoms with Gasteiger partial charge in [-0.15, -0.1) is 11.6 Å². The van der Waals surface area contributed by atoms with Crippen LogP contribution in [0.15, 0.2) is 11.2 Å². The molecule has 0 saturated carbocycles. The van der Waals surface area contributed by atoms with Crippen molar-refractivity contribution >= 4 is 52.1 Å². The molecule has 0 N–H and O–H groups in total. The Bertz CT molecular complexity index is 1960. The van der Waals surface area contributed by atoms with Gasteiger partial charge in [-0.2, -0.15) is 55.7 Å². The van der Waals surface area contributed by atoms with Crippen LogP contribution in [0.1, 0.15) is 28.7 Å². The molecule has 5 rings (SSSR count). The Labute approximate surface area is 265 Å². The zero-order valence-electron chi connectivity index (χ0n) is 22.5. The highest BCUT2D eigenvalue weighted by Crippen LogP contribution is 2.47. The molecular weight excluding hydrogens is 702 g/mol. The number of aryl methyl sites for hydroxylation is 2. The van der Waals surface area contributed by atoms with Gasteiger partial charge in [-0.25, -0.2) is 15.0 Å². The van der Waals surface area contributed by atoms with Gasteiger partial charge in [0.1, 0.15) is 11.9 Å². The molecule has 2 unspecified atom stereocenters. The summed E-state index contributed by atoms with van der Waals surface area (Å²) >= 11 is 18.7. The fourth-order valence-electron chi connectivity index (χ4n) is 4.51. The number of rotatable bonds is 6. The van der Waals surface area contributed by atoms with E-state index in [9.17, 15) is 36.5 Å². The summed E-state index contributed by atoms with van der Waals surface area (Å²) in [6.07, 6.45) is -8.68. The van der Waals surface area contributed by atoms with Crippen LogP contribution in [0.4, 0.5) is 48.1 Å². The molecule has 0 aliphatic carbocycles. The second kappa shape index (κ2) is 12.3. The average molecular weight is 713 g/mol. The first-order chi connectivity index (χ1) is 21.6. The highest BCUT2D eigenvalue weighted by atomic mass is 35.5. The van der Waals surface area contributed by atoms with Crippen molar-refractivity contribution in [3.8, 4) is 11.3 Å². The highest BCUT2D eigenvalue weighted by Gasteiger charge is 2.45. The zero-order valence-corrected chi connectivity index (χ0v) is 24.7. The summed E-state index contributed by atoms with van der Waals surface area (Å²) in [5.41, 5.74) is -5.45. The van der Waals surface area contributed by atoms with E-state index in [0.717, 1.165) is 6.92 Å². The summed E-state index contributed by atoms with van der Waals surface area (Å²) in [5.74, 6) is -6.23. The minimum absolute atomic E-state index is 0.167. The molecule has 0 radical (unpaired) electrons. The predicted octanol–water partition coefficient (Wildman–Crippen LogP) is 5.67. The first kappa shape index (κ1) is 32.8. The monoisotopic (exact) mass is 711 g/mol. The minimum atomic E-state index is -2.89. The van der Waals surface area contributed by atoms with Gasteiger partial charge in [-0.3, -0.25) is 19.9 Å². The quantitative estimate of drug-likeness (QED) is 0.0461. The molecule has 23 heteroatoms. The Morgan fingerprint density at radius 2 is 1.39 bits per heavy atom. The molecule has 4 aromatic rings. The Morgan fingerprint density at radius 3 is 2.04 bits per heavy atom. The summed E-state index contributed by atoms with van der Waals surface area (Å²) in [7, 11) is 0. The van der Waals surface area contributed by atoms with Crippen LogP contribution in [0, 0.1) is 60.2 Å². The fourth-order valence-corrected chi connectivity index (χ4v) is 5.24. The number of anilines is 2. The van der Waals surface area contributed by atoms with E-state index >= 15 is 4.39 Å². The van der Waals surface area contributed by atoms with Crippen molar-refractivity contribution < 1.29 is 35.7 Å². The summed E-state index contributed by atoms with van der Waals surface area (Å²) in [5, 5.41) is 10.8. The standard InChI is InChI=1S/C23H11Cl3F7N11O2/c1-5-9(11-14(44(45)46)16(28)39-21(31)36-11)18(41-20(30)34-5)42-4-8(25)13(12-10(26)6(2)35-19(29)37-12)43(23(42)33)17-7(3-24)15(27)38-22(32)40-17/h4,13,23H,3H2,1-2H3. The van der Waals surface area contributed by atoms with Gasteiger partial charge in [0.2, 0.25) is 5.95 Å². The normalized spacial score (nSPS) is 16.6. The Hall–Kier alpha value is -4.56. The molecule has 46 heavy (non-hydrogen) atoms. The van der Waals surface area contributed by atoms with Crippen LogP contribution in [0.3, 0.4) is 0 Å². The predicted molar refractivity (Wildman–Crippen MR) is 144 cm³/mol. The second-order valence-corrected chi connectivity index (χ2v) is 10.1. The third-order valence-electron chi connectivity index (χ3n) is 6.34. The largest absolute Gasteiger partial charge is 0.350 e. The molecule has 4 aromatic heterocycles. The third-order valence-corrected chi connectivity index (χ3v) is 7.38. The molecule has 240 valence electrons. The van der Waals surface area contributed by atoms with Crippen LogP contribution < -0.4 is 9.80 Å². The number of aromatic nitrogens is 8. The van der Waals surface area contributed by atoms with Gasteiger partial charge in [0.15, 0.2) is 11.5 Å². The highest BCUT2D eigenvalue weighted by molar-refractivity contribution is 6.33. The van der Waals surface area contributed by atoms with Crippen LogP contribution in [0.5, 0.6) is 0 Å². The number of hydrogen-bond acceptors (Lipinski definition) is 12. The molecular formula is C23H11Cl3F7N11O2. The van der Waals surface area contributed by atoms with Crippen LogP contribution in [-0.2, 0) is 5.88 Å². The maximum atomic E-state index is 17.0. The Morgan fingerprint density at radius 1 is 0.826 bits per heavy atom. The van der Waals surface area contributed by atoms with E-state index in [1.54, 1.807) is 0 Å². The number of alkyl halides is 2. The lowest BCUT2D eigenvalue weighted by Gasteiger charge is -2.43. The maximum absolute atomic E-state index is 17.0. The summed E-state index contributed by atoms with van der Waals surface area (Å²) < 4.78 is 104. The Balaban J connectivity index is 1.86. The molecule has 0 bridgehead atoms. The van der Waals surface area contributed by atoms with E-state index in [-0.39, 0.29) is 10.7 Å². The molecule has 0 saturated heterocycles. The Kier molecular flexibility index (Phi) is 8.79. The third kappa shape index (κ3) is 5.66. The molecule has 1 aliphatic heterocycles. The lowest BCUT2D eigenvalue weighted by Crippen LogP contribution is -2.51. The maximum Gasteiger partial charge on any atom is 0.350 e. The van der Waals surface area contributed by atoms with E-state index in [1.165, 1.54) is 6.92 Å². The first-order valence-corrected chi connectivity index (χ1v) is 13.4. The number of halogens is 10. The number of nitrogens with zero attached hydrogens (tertiary/aromatic N) is 11. The first-order valence-electron chi connectivity index (χ1n) is 12.1. The molecule has 2 atom stereocenters. The van der Waals surface area contributed by atoms with Crippen LogP contribution >= 0.6 is 34.8 Å².